The second-order valence-corrected chi connectivity index (χ2v) is 9.36. The zero-order valence-electron chi connectivity index (χ0n) is 19.9. The lowest BCUT2D eigenvalue weighted by Crippen LogP contribution is -2.43. The number of nitrogens with one attached hydrogen (secondary N) is 1. The Morgan fingerprint density at radius 1 is 0.886 bits per heavy atom. The topological polar surface area (TPSA) is 64.2 Å². The Morgan fingerprint density at radius 3 is 2.40 bits per heavy atom. The molecule has 0 unspecified atom stereocenters. The zero-order valence-corrected chi connectivity index (χ0v) is 19.9. The summed E-state index contributed by atoms with van der Waals surface area (Å²) in [5, 5.41) is 3.88. The van der Waals surface area contributed by atoms with E-state index in [9.17, 15) is 18.4 Å². The molecule has 0 amide bonds. The molecule has 184 valence electrons. The summed E-state index contributed by atoms with van der Waals surface area (Å²) in [7, 11) is 3.57. The number of hydrogen-bond donors (Lipinski definition) is 1. The molecule has 0 aliphatic carbocycles. The molecule has 0 spiro atoms. The number of hydrogen-bond acceptors (Lipinski definition) is 4. The van der Waals surface area contributed by atoms with Crippen LogP contribution in [0.1, 0.15) is 18.4 Å². The lowest BCUT2D eigenvalue weighted by molar-refractivity contribution is 0.191. The molecule has 0 saturated carbocycles. The summed E-state index contributed by atoms with van der Waals surface area (Å²) in [6.45, 7) is 3.51. The first-order valence-electron chi connectivity index (χ1n) is 11.9. The number of likely N-dealkylation sites (tertiary alicyclic amines) is 1. The average molecular weight is 482 g/mol. The number of nitrogens with zero attached hydrogens (tertiary/aromatic N) is 4. The molecule has 0 bridgehead atoms. The Hall–Kier alpha value is -3.30. The van der Waals surface area contributed by atoms with E-state index < -0.39 is 11.6 Å². The summed E-state index contributed by atoms with van der Waals surface area (Å²) >= 11 is 0. The summed E-state index contributed by atoms with van der Waals surface area (Å²) in [5.74, 6) is -1.34. The quantitative estimate of drug-likeness (QED) is 0.460. The van der Waals surface area contributed by atoms with Crippen molar-refractivity contribution in [3.63, 3.8) is 0 Å². The van der Waals surface area contributed by atoms with Crippen molar-refractivity contribution in [3.05, 3.63) is 80.5 Å². The van der Waals surface area contributed by atoms with E-state index in [0.717, 1.165) is 55.1 Å². The smallest absolute Gasteiger partial charge is 0.310 e. The van der Waals surface area contributed by atoms with Crippen molar-refractivity contribution < 1.29 is 8.78 Å². The largest absolute Gasteiger partial charge is 0.328 e. The van der Waals surface area contributed by atoms with Crippen LogP contribution >= 0.6 is 0 Å². The van der Waals surface area contributed by atoms with Gasteiger partial charge in [-0.05, 0) is 55.8 Å². The maximum absolute atomic E-state index is 14.1. The number of aromatic nitrogens is 3. The summed E-state index contributed by atoms with van der Waals surface area (Å²) in [5.41, 5.74) is 2.99. The maximum atomic E-state index is 14.1. The van der Waals surface area contributed by atoms with E-state index in [1.54, 1.807) is 23.2 Å². The third kappa shape index (κ3) is 4.53. The summed E-state index contributed by atoms with van der Waals surface area (Å²) in [6, 6.07) is 11.3. The third-order valence-corrected chi connectivity index (χ3v) is 7.18. The molecule has 4 aromatic rings. The van der Waals surface area contributed by atoms with Gasteiger partial charge in [0.05, 0.1) is 16.6 Å². The van der Waals surface area contributed by atoms with Crippen molar-refractivity contribution in [2.24, 2.45) is 14.1 Å². The van der Waals surface area contributed by atoms with Gasteiger partial charge in [0.25, 0.3) is 5.56 Å². The second-order valence-electron chi connectivity index (χ2n) is 9.36. The Balaban J connectivity index is 1.17. The number of halogens is 2. The highest BCUT2D eigenvalue weighted by atomic mass is 19.1. The average Bonchev–Trinajstić information content (AvgIpc) is 3.06. The lowest BCUT2D eigenvalue weighted by atomic mass is 10.0. The van der Waals surface area contributed by atoms with Crippen molar-refractivity contribution >= 4 is 21.9 Å². The standard InChI is InChI=1S/C26H29F2N5O2/c1-30-22-5-3-17(13-24(22)31(2)26(30)35)16-29-19-7-9-32(10-8-19)11-12-33-23-15-18(27)14-21(28)20(23)4-6-25(33)34/h3-6,13-15,19,29H,7-12,16H2,1-2H3. The van der Waals surface area contributed by atoms with Crippen molar-refractivity contribution in [2.75, 3.05) is 19.6 Å². The van der Waals surface area contributed by atoms with Gasteiger partial charge in [-0.25, -0.2) is 13.6 Å². The Kier molecular flexibility index (Phi) is 6.29. The Morgan fingerprint density at radius 2 is 1.63 bits per heavy atom. The van der Waals surface area contributed by atoms with Crippen LogP contribution in [0.25, 0.3) is 21.9 Å². The van der Waals surface area contributed by atoms with Gasteiger partial charge in [0, 0.05) is 57.3 Å². The number of aryl methyl sites for hydroxylation is 2. The molecule has 5 rings (SSSR count). The van der Waals surface area contributed by atoms with E-state index >= 15 is 0 Å². The first-order valence-corrected chi connectivity index (χ1v) is 11.9. The third-order valence-electron chi connectivity index (χ3n) is 7.18. The van der Waals surface area contributed by atoms with E-state index in [2.05, 4.69) is 22.3 Å². The van der Waals surface area contributed by atoms with Crippen LogP contribution in [0.2, 0.25) is 0 Å². The first kappa shape index (κ1) is 23.4. The summed E-state index contributed by atoms with van der Waals surface area (Å²) < 4.78 is 32.7. The van der Waals surface area contributed by atoms with Crippen molar-refractivity contribution in [1.82, 2.24) is 23.9 Å². The highest BCUT2D eigenvalue weighted by Crippen LogP contribution is 2.19. The molecule has 2 aromatic heterocycles. The van der Waals surface area contributed by atoms with E-state index in [1.807, 2.05) is 6.07 Å². The van der Waals surface area contributed by atoms with Gasteiger partial charge in [-0.15, -0.1) is 0 Å². The molecular formula is C26H29F2N5O2. The summed E-state index contributed by atoms with van der Waals surface area (Å²) in [4.78, 5) is 26.8. The maximum Gasteiger partial charge on any atom is 0.328 e. The minimum atomic E-state index is -0.685. The molecule has 3 heterocycles. The number of piperidine rings is 1. The minimum absolute atomic E-state index is 0.0292. The van der Waals surface area contributed by atoms with E-state index in [1.165, 1.54) is 22.8 Å². The number of pyridine rings is 1. The fourth-order valence-corrected chi connectivity index (χ4v) is 5.08. The van der Waals surface area contributed by atoms with Gasteiger partial charge in [-0.1, -0.05) is 6.07 Å². The van der Waals surface area contributed by atoms with Crippen LogP contribution in [-0.2, 0) is 27.2 Å². The number of imidazole rings is 1. The van der Waals surface area contributed by atoms with Crippen molar-refractivity contribution in [3.8, 4) is 0 Å². The molecule has 1 aliphatic rings. The number of fused-ring (bicyclic) bond motifs is 2. The van der Waals surface area contributed by atoms with Crippen LogP contribution < -0.4 is 16.6 Å². The van der Waals surface area contributed by atoms with Crippen LogP contribution in [0.5, 0.6) is 0 Å². The summed E-state index contributed by atoms with van der Waals surface area (Å²) in [6.07, 6.45) is 1.94. The Labute approximate surface area is 201 Å². The van der Waals surface area contributed by atoms with Gasteiger partial charge in [0.15, 0.2) is 0 Å². The lowest BCUT2D eigenvalue weighted by Gasteiger charge is -2.32. The van der Waals surface area contributed by atoms with Gasteiger partial charge in [0.2, 0.25) is 0 Å². The number of rotatable bonds is 6. The Bertz CT molecular complexity index is 1510. The molecule has 0 atom stereocenters. The first-order chi connectivity index (χ1) is 16.8. The van der Waals surface area contributed by atoms with E-state index in [0.29, 0.717) is 24.6 Å². The predicted octanol–water partition coefficient (Wildman–Crippen LogP) is 2.72. The molecule has 1 aliphatic heterocycles. The van der Waals surface area contributed by atoms with Crippen molar-refractivity contribution in [1.29, 1.82) is 0 Å². The molecule has 2 aromatic carbocycles. The SMILES string of the molecule is Cn1c(=O)n(C)c2cc(CNC3CCN(CCn4c(=O)ccc5c(F)cc(F)cc54)CC3)ccc21. The van der Waals surface area contributed by atoms with Crippen molar-refractivity contribution in [2.45, 2.75) is 32.0 Å². The molecule has 1 fully saturated rings. The van der Waals surface area contributed by atoms with Crippen LogP contribution in [0.3, 0.4) is 0 Å². The number of benzene rings is 2. The predicted molar refractivity (Wildman–Crippen MR) is 133 cm³/mol. The molecule has 1 saturated heterocycles. The van der Waals surface area contributed by atoms with Crippen LogP contribution in [-0.4, -0.2) is 44.3 Å². The normalized spacial score (nSPS) is 15.4. The highest BCUT2D eigenvalue weighted by Gasteiger charge is 2.19. The fourth-order valence-electron chi connectivity index (χ4n) is 5.08. The molecule has 0 radical (unpaired) electrons. The second kappa shape index (κ2) is 9.39. The highest BCUT2D eigenvalue weighted by molar-refractivity contribution is 5.79. The molecular weight excluding hydrogens is 452 g/mol. The van der Waals surface area contributed by atoms with Crippen LogP contribution in [0.4, 0.5) is 8.78 Å². The molecule has 1 N–H and O–H groups in total. The monoisotopic (exact) mass is 481 g/mol. The molecule has 7 nitrogen and oxygen atoms in total. The van der Waals surface area contributed by atoms with Gasteiger partial charge in [-0.3, -0.25) is 13.9 Å². The van der Waals surface area contributed by atoms with Gasteiger partial charge in [-0.2, -0.15) is 0 Å². The molecule has 9 heteroatoms. The van der Waals surface area contributed by atoms with Gasteiger partial charge in [0.1, 0.15) is 11.6 Å². The minimum Gasteiger partial charge on any atom is -0.310 e. The van der Waals surface area contributed by atoms with Gasteiger partial charge < -0.3 is 14.8 Å². The van der Waals surface area contributed by atoms with Crippen LogP contribution in [0.15, 0.2) is 52.1 Å². The van der Waals surface area contributed by atoms with Gasteiger partial charge >= 0.3 is 5.69 Å². The van der Waals surface area contributed by atoms with E-state index in [-0.39, 0.29) is 16.6 Å². The zero-order chi connectivity index (χ0) is 24.7. The van der Waals surface area contributed by atoms with E-state index in [4.69, 9.17) is 0 Å². The molecule has 35 heavy (non-hydrogen) atoms. The fraction of sp³-hybridized carbons (Fsp3) is 0.385. The van der Waals surface area contributed by atoms with Crippen LogP contribution in [0, 0.1) is 11.6 Å².